The number of nitrogens with zero attached hydrogens (tertiary/aromatic N) is 2. The van der Waals surface area contributed by atoms with Gasteiger partial charge in [-0.2, -0.15) is 4.31 Å². The maximum atomic E-state index is 13.5. The highest BCUT2D eigenvalue weighted by Gasteiger charge is 2.34. The van der Waals surface area contributed by atoms with Gasteiger partial charge in [0.1, 0.15) is 10.6 Å². The minimum Gasteiger partial charge on any atom is -0.495 e. The molecule has 0 radical (unpaired) electrons. The van der Waals surface area contributed by atoms with E-state index in [0.29, 0.717) is 19.6 Å². The molecule has 7 nitrogen and oxygen atoms in total. The summed E-state index contributed by atoms with van der Waals surface area (Å²) in [6.45, 7) is 6.19. The number of benzene rings is 2. The Morgan fingerprint density at radius 2 is 1.73 bits per heavy atom. The topological polar surface area (TPSA) is 79.0 Å². The van der Waals surface area contributed by atoms with Gasteiger partial charge in [0.15, 0.2) is 0 Å². The average molecular weight is 474 g/mol. The van der Waals surface area contributed by atoms with Gasteiger partial charge in [-0.3, -0.25) is 4.79 Å². The smallest absolute Gasteiger partial charge is 0.251 e. The SMILES string of the molecule is COc1ccc(C(=O)NCc2ccccc2CN(C)C)cc1S(=O)(=O)N1C[C@H](C)C[C@@H](C)C1. The minimum atomic E-state index is -3.79. The number of ether oxygens (including phenoxy) is 1. The van der Waals surface area contributed by atoms with E-state index in [1.807, 2.05) is 38.4 Å². The lowest BCUT2D eigenvalue weighted by atomic mass is 9.94. The highest BCUT2D eigenvalue weighted by molar-refractivity contribution is 7.89. The Kier molecular flexibility index (Phi) is 8.15. The Bertz CT molecular complexity index is 1070. The van der Waals surface area contributed by atoms with E-state index in [1.165, 1.54) is 17.5 Å². The Labute approximate surface area is 197 Å². The van der Waals surface area contributed by atoms with Crippen molar-refractivity contribution in [2.24, 2.45) is 11.8 Å². The molecular weight excluding hydrogens is 438 g/mol. The maximum Gasteiger partial charge on any atom is 0.251 e. The molecule has 180 valence electrons. The highest BCUT2D eigenvalue weighted by atomic mass is 32.2. The van der Waals surface area contributed by atoms with Crippen LogP contribution in [0.4, 0.5) is 0 Å². The molecule has 0 saturated carbocycles. The van der Waals surface area contributed by atoms with Gasteiger partial charge in [0, 0.05) is 31.7 Å². The van der Waals surface area contributed by atoms with Gasteiger partial charge >= 0.3 is 0 Å². The van der Waals surface area contributed by atoms with E-state index in [-0.39, 0.29) is 34.0 Å². The molecule has 0 aromatic heterocycles. The lowest BCUT2D eigenvalue weighted by Crippen LogP contribution is -2.42. The van der Waals surface area contributed by atoms with Crippen LogP contribution in [0.3, 0.4) is 0 Å². The number of hydrogen-bond donors (Lipinski definition) is 1. The Hall–Kier alpha value is -2.42. The van der Waals surface area contributed by atoms with E-state index >= 15 is 0 Å². The van der Waals surface area contributed by atoms with Crippen molar-refractivity contribution < 1.29 is 17.9 Å². The molecule has 0 bridgehead atoms. The highest BCUT2D eigenvalue weighted by Crippen LogP contribution is 2.32. The molecule has 1 saturated heterocycles. The molecular formula is C25H35N3O4S. The molecule has 0 aliphatic carbocycles. The first-order chi connectivity index (χ1) is 15.6. The van der Waals surface area contributed by atoms with Crippen LogP contribution in [0.5, 0.6) is 5.75 Å². The second-order valence-electron chi connectivity index (χ2n) is 9.32. The zero-order valence-electron chi connectivity index (χ0n) is 20.2. The summed E-state index contributed by atoms with van der Waals surface area (Å²) in [4.78, 5) is 15.0. The molecule has 33 heavy (non-hydrogen) atoms. The first-order valence-electron chi connectivity index (χ1n) is 11.3. The first kappa shape index (κ1) is 25.2. The Balaban J connectivity index is 1.83. The number of carbonyl (C=O) groups excluding carboxylic acids is 1. The number of methoxy groups -OCH3 is 1. The summed E-state index contributed by atoms with van der Waals surface area (Å²) in [5, 5.41) is 2.93. The Morgan fingerprint density at radius 3 is 2.33 bits per heavy atom. The van der Waals surface area contributed by atoms with Crippen LogP contribution in [0.1, 0.15) is 41.8 Å². The molecule has 1 N–H and O–H groups in total. The van der Waals surface area contributed by atoms with Crippen LogP contribution in [0.15, 0.2) is 47.4 Å². The number of hydrogen-bond acceptors (Lipinski definition) is 5. The fourth-order valence-corrected chi connectivity index (χ4v) is 6.32. The normalized spacial score (nSPS) is 19.5. The third-order valence-corrected chi connectivity index (χ3v) is 7.78. The average Bonchev–Trinajstić information content (AvgIpc) is 2.76. The van der Waals surface area contributed by atoms with Crippen molar-refractivity contribution >= 4 is 15.9 Å². The van der Waals surface area contributed by atoms with E-state index in [2.05, 4.69) is 24.1 Å². The summed E-state index contributed by atoms with van der Waals surface area (Å²) in [6.07, 6.45) is 1.00. The van der Waals surface area contributed by atoms with Crippen LogP contribution >= 0.6 is 0 Å². The fraction of sp³-hybridized carbons (Fsp3) is 0.480. The van der Waals surface area contributed by atoms with E-state index in [9.17, 15) is 13.2 Å². The summed E-state index contributed by atoms with van der Waals surface area (Å²) < 4.78 is 33.8. The molecule has 2 atom stereocenters. The van der Waals surface area contributed by atoms with Gasteiger partial charge in [0.05, 0.1) is 7.11 Å². The lowest BCUT2D eigenvalue weighted by molar-refractivity contribution is 0.0950. The summed E-state index contributed by atoms with van der Waals surface area (Å²) >= 11 is 0. The second kappa shape index (κ2) is 10.7. The van der Waals surface area contributed by atoms with Crippen LogP contribution < -0.4 is 10.1 Å². The van der Waals surface area contributed by atoms with Crippen molar-refractivity contribution in [3.05, 3.63) is 59.2 Å². The van der Waals surface area contributed by atoms with Gasteiger partial charge in [-0.05, 0) is 61.7 Å². The van der Waals surface area contributed by atoms with E-state index < -0.39 is 10.0 Å². The molecule has 0 spiro atoms. The molecule has 2 aromatic rings. The van der Waals surface area contributed by atoms with Crippen molar-refractivity contribution in [2.45, 2.75) is 38.3 Å². The number of amides is 1. The summed E-state index contributed by atoms with van der Waals surface area (Å²) in [7, 11) is 1.65. The van der Waals surface area contributed by atoms with Crippen molar-refractivity contribution in [3.63, 3.8) is 0 Å². The van der Waals surface area contributed by atoms with E-state index in [0.717, 1.165) is 24.1 Å². The fourth-order valence-electron chi connectivity index (χ4n) is 4.46. The van der Waals surface area contributed by atoms with Crippen LogP contribution in [0, 0.1) is 11.8 Å². The predicted octanol–water partition coefficient (Wildman–Crippen LogP) is 3.35. The molecule has 1 fully saturated rings. The van der Waals surface area contributed by atoms with E-state index in [4.69, 9.17) is 4.74 Å². The van der Waals surface area contributed by atoms with Crippen LogP contribution in [-0.4, -0.2) is 57.8 Å². The third kappa shape index (κ3) is 6.13. The molecule has 8 heteroatoms. The third-order valence-electron chi connectivity index (χ3n) is 5.92. The van der Waals surface area contributed by atoms with Crippen molar-refractivity contribution in [2.75, 3.05) is 34.3 Å². The zero-order chi connectivity index (χ0) is 24.2. The number of sulfonamides is 1. The number of nitrogens with one attached hydrogen (secondary N) is 1. The molecule has 1 amide bonds. The molecule has 1 heterocycles. The summed E-state index contributed by atoms with van der Waals surface area (Å²) in [5.74, 6) is 0.481. The second-order valence-corrected chi connectivity index (χ2v) is 11.2. The molecule has 3 rings (SSSR count). The lowest BCUT2D eigenvalue weighted by Gasteiger charge is -2.34. The van der Waals surface area contributed by atoms with Gasteiger partial charge in [-0.15, -0.1) is 0 Å². The quantitative estimate of drug-likeness (QED) is 0.636. The molecule has 2 aromatic carbocycles. The number of piperidine rings is 1. The van der Waals surface area contributed by atoms with Crippen LogP contribution in [-0.2, 0) is 23.1 Å². The van der Waals surface area contributed by atoms with Gasteiger partial charge in [-0.25, -0.2) is 8.42 Å². The standard InChI is InChI=1S/C25H35N3O4S/c1-18-12-19(2)16-28(15-18)33(30,31)24-13-20(10-11-23(24)32-5)25(29)26-14-21-8-6-7-9-22(21)17-27(3)4/h6-11,13,18-19H,12,14-17H2,1-5H3,(H,26,29)/t18-,19-/m1/s1. The molecule has 1 aliphatic rings. The van der Waals surface area contributed by atoms with Gasteiger partial charge in [-0.1, -0.05) is 38.1 Å². The van der Waals surface area contributed by atoms with Gasteiger partial charge in [0.2, 0.25) is 10.0 Å². The van der Waals surface area contributed by atoms with Gasteiger partial charge < -0.3 is 15.0 Å². The largest absolute Gasteiger partial charge is 0.495 e. The predicted molar refractivity (Wildman–Crippen MR) is 130 cm³/mol. The van der Waals surface area contributed by atoms with Crippen molar-refractivity contribution in [1.29, 1.82) is 0 Å². The van der Waals surface area contributed by atoms with Crippen LogP contribution in [0.2, 0.25) is 0 Å². The molecule has 0 unspecified atom stereocenters. The summed E-state index contributed by atoms with van der Waals surface area (Å²) in [5.41, 5.74) is 2.45. The van der Waals surface area contributed by atoms with Gasteiger partial charge in [0.25, 0.3) is 5.91 Å². The Morgan fingerprint density at radius 1 is 1.09 bits per heavy atom. The van der Waals surface area contributed by atoms with Crippen molar-refractivity contribution in [1.82, 2.24) is 14.5 Å². The summed E-state index contributed by atoms with van der Waals surface area (Å²) in [6, 6.07) is 12.5. The zero-order valence-corrected chi connectivity index (χ0v) is 21.0. The number of rotatable bonds is 8. The van der Waals surface area contributed by atoms with E-state index in [1.54, 1.807) is 12.1 Å². The maximum absolute atomic E-state index is 13.5. The first-order valence-corrected chi connectivity index (χ1v) is 12.7. The minimum absolute atomic E-state index is 0.0342. The monoisotopic (exact) mass is 473 g/mol. The van der Waals surface area contributed by atoms with Crippen molar-refractivity contribution in [3.8, 4) is 5.75 Å². The number of carbonyl (C=O) groups is 1. The van der Waals surface area contributed by atoms with Crippen LogP contribution in [0.25, 0.3) is 0 Å². The molecule has 1 aliphatic heterocycles.